The number of carbonyl (C=O) groups excluding carboxylic acids is 1. The zero-order chi connectivity index (χ0) is 14.0. The predicted molar refractivity (Wildman–Crippen MR) is 75.1 cm³/mol. The Kier molecular flexibility index (Phi) is 4.16. The maximum atomic E-state index is 12.3. The summed E-state index contributed by atoms with van der Waals surface area (Å²) in [5, 5.41) is 0.654. The first-order chi connectivity index (χ1) is 8.94. The van der Waals surface area contributed by atoms with E-state index in [1.807, 2.05) is 19.1 Å². The molecule has 0 aliphatic carbocycles. The van der Waals surface area contributed by atoms with E-state index in [9.17, 15) is 4.79 Å². The zero-order valence-corrected chi connectivity index (χ0v) is 12.3. The molecule has 2 rings (SSSR count). The molecule has 1 aromatic carbocycles. The molecule has 0 bridgehead atoms. The van der Waals surface area contributed by atoms with Gasteiger partial charge in [-0.2, -0.15) is 0 Å². The molecule has 1 heterocycles. The van der Waals surface area contributed by atoms with Gasteiger partial charge in [-0.3, -0.25) is 4.79 Å². The number of ether oxygens (including phenoxy) is 2. The van der Waals surface area contributed by atoms with Gasteiger partial charge in [0.2, 0.25) is 0 Å². The van der Waals surface area contributed by atoms with Gasteiger partial charge in [0.1, 0.15) is 11.4 Å². The van der Waals surface area contributed by atoms with Gasteiger partial charge >= 0.3 is 0 Å². The summed E-state index contributed by atoms with van der Waals surface area (Å²) < 4.78 is 11.1. The SMILES string of the molecule is CCOC(C)(C)C(=O)Cc1cc(Cl)cc2c1OCC2. The minimum atomic E-state index is -0.775. The molecule has 0 N–H and O–H groups in total. The van der Waals surface area contributed by atoms with Gasteiger partial charge in [-0.05, 0) is 38.5 Å². The van der Waals surface area contributed by atoms with Crippen molar-refractivity contribution in [2.24, 2.45) is 0 Å². The van der Waals surface area contributed by atoms with Crippen molar-refractivity contribution in [3.8, 4) is 5.75 Å². The van der Waals surface area contributed by atoms with Gasteiger partial charge in [0, 0.05) is 30.0 Å². The predicted octanol–water partition coefficient (Wildman–Crippen LogP) is 3.20. The summed E-state index contributed by atoms with van der Waals surface area (Å²) in [4.78, 5) is 12.3. The third kappa shape index (κ3) is 3.10. The van der Waals surface area contributed by atoms with Gasteiger partial charge < -0.3 is 9.47 Å². The third-order valence-corrected chi connectivity index (χ3v) is 3.57. The number of carbonyl (C=O) groups is 1. The molecule has 0 unspecified atom stereocenters. The highest BCUT2D eigenvalue weighted by molar-refractivity contribution is 6.30. The van der Waals surface area contributed by atoms with Gasteiger partial charge in [0.05, 0.1) is 6.61 Å². The monoisotopic (exact) mass is 282 g/mol. The van der Waals surface area contributed by atoms with Crippen LogP contribution in [0.5, 0.6) is 5.75 Å². The summed E-state index contributed by atoms with van der Waals surface area (Å²) in [5.41, 5.74) is 1.17. The molecule has 19 heavy (non-hydrogen) atoms. The Balaban J connectivity index is 2.22. The molecule has 4 heteroatoms. The molecule has 3 nitrogen and oxygen atoms in total. The quantitative estimate of drug-likeness (QED) is 0.832. The molecule has 0 spiro atoms. The first-order valence-electron chi connectivity index (χ1n) is 6.55. The standard InChI is InChI=1S/C15H19ClO3/c1-4-19-15(2,3)13(17)9-11-8-12(16)7-10-5-6-18-14(10)11/h7-8H,4-6,9H2,1-3H3. The molecule has 1 aliphatic heterocycles. The van der Waals surface area contributed by atoms with E-state index in [1.165, 1.54) is 0 Å². The van der Waals surface area contributed by atoms with Crippen molar-refractivity contribution < 1.29 is 14.3 Å². The molecule has 0 fully saturated rings. The Bertz CT molecular complexity index is 494. The van der Waals surface area contributed by atoms with E-state index < -0.39 is 5.60 Å². The fraction of sp³-hybridized carbons (Fsp3) is 0.533. The Morgan fingerprint density at radius 1 is 1.47 bits per heavy atom. The minimum Gasteiger partial charge on any atom is -0.493 e. The van der Waals surface area contributed by atoms with Crippen molar-refractivity contribution in [2.45, 2.75) is 39.2 Å². The lowest BCUT2D eigenvalue weighted by Crippen LogP contribution is -2.36. The highest BCUT2D eigenvalue weighted by atomic mass is 35.5. The van der Waals surface area contributed by atoms with Gasteiger partial charge in [-0.1, -0.05) is 11.6 Å². The van der Waals surface area contributed by atoms with E-state index in [0.717, 1.165) is 23.3 Å². The van der Waals surface area contributed by atoms with Crippen LogP contribution in [0.4, 0.5) is 0 Å². The van der Waals surface area contributed by atoms with E-state index in [0.29, 0.717) is 18.2 Å². The van der Waals surface area contributed by atoms with Crippen LogP contribution in [0.3, 0.4) is 0 Å². The second-order valence-corrected chi connectivity index (χ2v) is 5.63. The maximum absolute atomic E-state index is 12.3. The molecular weight excluding hydrogens is 264 g/mol. The molecule has 0 amide bonds. The van der Waals surface area contributed by atoms with Crippen molar-refractivity contribution in [3.05, 3.63) is 28.3 Å². The molecule has 0 aromatic heterocycles. The second kappa shape index (κ2) is 5.51. The second-order valence-electron chi connectivity index (χ2n) is 5.19. The Morgan fingerprint density at radius 3 is 2.89 bits per heavy atom. The van der Waals surface area contributed by atoms with Crippen LogP contribution in [0.15, 0.2) is 12.1 Å². The molecular formula is C15H19ClO3. The fourth-order valence-electron chi connectivity index (χ4n) is 2.30. The number of Topliss-reactive ketones (excluding diaryl/α,β-unsaturated/α-hetero) is 1. The Hall–Kier alpha value is -1.06. The van der Waals surface area contributed by atoms with Crippen LogP contribution in [-0.4, -0.2) is 24.6 Å². The van der Waals surface area contributed by atoms with Crippen molar-refractivity contribution in [1.82, 2.24) is 0 Å². The lowest BCUT2D eigenvalue weighted by atomic mass is 9.95. The molecule has 0 atom stereocenters. The Labute approximate surface area is 118 Å². The number of ketones is 1. The fourth-order valence-corrected chi connectivity index (χ4v) is 2.57. The van der Waals surface area contributed by atoms with Crippen LogP contribution in [0.2, 0.25) is 5.02 Å². The van der Waals surface area contributed by atoms with Crippen LogP contribution >= 0.6 is 11.6 Å². The van der Waals surface area contributed by atoms with Crippen LogP contribution < -0.4 is 4.74 Å². The summed E-state index contributed by atoms with van der Waals surface area (Å²) in [6.07, 6.45) is 1.14. The molecule has 1 aliphatic rings. The van der Waals surface area contributed by atoms with Crippen molar-refractivity contribution >= 4 is 17.4 Å². The maximum Gasteiger partial charge on any atom is 0.168 e. The number of hydrogen-bond acceptors (Lipinski definition) is 3. The molecule has 104 valence electrons. The minimum absolute atomic E-state index is 0.0364. The molecule has 0 radical (unpaired) electrons. The summed E-state index contributed by atoms with van der Waals surface area (Å²) in [6, 6.07) is 3.72. The first kappa shape index (κ1) is 14.4. The largest absolute Gasteiger partial charge is 0.493 e. The summed E-state index contributed by atoms with van der Waals surface area (Å²) >= 11 is 6.09. The molecule has 1 aromatic rings. The van der Waals surface area contributed by atoms with Crippen molar-refractivity contribution in [1.29, 1.82) is 0 Å². The highest BCUT2D eigenvalue weighted by Crippen LogP contribution is 2.34. The van der Waals surface area contributed by atoms with E-state index in [4.69, 9.17) is 21.1 Å². The van der Waals surface area contributed by atoms with Gasteiger partial charge in [-0.15, -0.1) is 0 Å². The topological polar surface area (TPSA) is 35.5 Å². The molecule has 0 saturated carbocycles. The number of hydrogen-bond donors (Lipinski definition) is 0. The van der Waals surface area contributed by atoms with Crippen molar-refractivity contribution in [3.63, 3.8) is 0 Å². The normalized spacial score (nSPS) is 14.1. The zero-order valence-electron chi connectivity index (χ0n) is 11.6. The van der Waals surface area contributed by atoms with Crippen LogP contribution in [0.25, 0.3) is 0 Å². The summed E-state index contributed by atoms with van der Waals surface area (Å²) in [5.74, 6) is 0.861. The summed E-state index contributed by atoms with van der Waals surface area (Å²) in [6.45, 7) is 6.65. The number of benzene rings is 1. The van der Waals surface area contributed by atoms with Gasteiger partial charge in [0.15, 0.2) is 5.78 Å². The lowest BCUT2D eigenvalue weighted by molar-refractivity contribution is -0.139. The first-order valence-corrected chi connectivity index (χ1v) is 6.93. The van der Waals surface area contributed by atoms with Crippen LogP contribution in [0, 0.1) is 0 Å². The van der Waals surface area contributed by atoms with Crippen LogP contribution in [0.1, 0.15) is 31.9 Å². The number of fused-ring (bicyclic) bond motifs is 1. The highest BCUT2D eigenvalue weighted by Gasteiger charge is 2.29. The van der Waals surface area contributed by atoms with Gasteiger partial charge in [-0.25, -0.2) is 0 Å². The number of rotatable bonds is 5. The lowest BCUT2D eigenvalue weighted by Gasteiger charge is -2.23. The number of halogens is 1. The van der Waals surface area contributed by atoms with Crippen molar-refractivity contribution in [2.75, 3.05) is 13.2 Å². The average Bonchev–Trinajstić information content (AvgIpc) is 2.76. The van der Waals surface area contributed by atoms with E-state index in [1.54, 1.807) is 13.8 Å². The van der Waals surface area contributed by atoms with E-state index in [-0.39, 0.29) is 12.2 Å². The van der Waals surface area contributed by atoms with E-state index in [2.05, 4.69) is 0 Å². The van der Waals surface area contributed by atoms with Gasteiger partial charge in [0.25, 0.3) is 0 Å². The Morgan fingerprint density at radius 2 is 2.21 bits per heavy atom. The van der Waals surface area contributed by atoms with Crippen LogP contribution in [-0.2, 0) is 22.4 Å². The summed E-state index contributed by atoms with van der Waals surface area (Å²) in [7, 11) is 0. The average molecular weight is 283 g/mol. The third-order valence-electron chi connectivity index (χ3n) is 3.35. The smallest absolute Gasteiger partial charge is 0.168 e. The molecule has 0 saturated heterocycles. The van der Waals surface area contributed by atoms with E-state index >= 15 is 0 Å².